The molecular formula is C21H29F9O2. The predicted molar refractivity (Wildman–Crippen MR) is 96.4 cm³/mol. The standard InChI is InChI=1S/C21H29F9O2/c1-17(2)13-9-8-12(10-13)15(17)11-18(20(25,26)27,21(28,29)30)32-16(19(22,23)24)31-14-6-4-3-5-7-14/h12-16H,3-11H2,1-2H3. The molecule has 0 spiro atoms. The van der Waals surface area contributed by atoms with Crippen LogP contribution < -0.4 is 0 Å². The first-order valence-corrected chi connectivity index (χ1v) is 11.0. The van der Waals surface area contributed by atoms with Crippen LogP contribution in [-0.2, 0) is 9.47 Å². The first kappa shape index (κ1) is 25.9. The van der Waals surface area contributed by atoms with Crippen molar-refractivity contribution in [2.24, 2.45) is 23.2 Å². The smallest absolute Gasteiger partial charge is 0.342 e. The van der Waals surface area contributed by atoms with Gasteiger partial charge >= 0.3 is 18.5 Å². The number of ether oxygens (including phenoxy) is 2. The first-order chi connectivity index (χ1) is 14.5. The monoisotopic (exact) mass is 484 g/mol. The van der Waals surface area contributed by atoms with E-state index in [1.165, 1.54) is 0 Å². The highest BCUT2D eigenvalue weighted by Gasteiger charge is 2.76. The van der Waals surface area contributed by atoms with Gasteiger partial charge in [0.15, 0.2) is 0 Å². The third kappa shape index (κ3) is 4.74. The van der Waals surface area contributed by atoms with E-state index in [4.69, 9.17) is 4.74 Å². The minimum atomic E-state index is -6.11. The molecule has 3 fully saturated rings. The molecule has 3 saturated carbocycles. The third-order valence-electron chi connectivity index (χ3n) is 7.92. The van der Waals surface area contributed by atoms with Gasteiger partial charge in [-0.2, -0.15) is 39.5 Å². The van der Waals surface area contributed by atoms with Crippen LogP contribution in [0, 0.1) is 23.2 Å². The number of halogens is 9. The zero-order chi connectivity index (χ0) is 24.2. The largest absolute Gasteiger partial charge is 0.440 e. The molecule has 0 aromatic rings. The van der Waals surface area contributed by atoms with Gasteiger partial charge in [-0.25, -0.2) is 0 Å². The Kier molecular flexibility index (Phi) is 6.88. The van der Waals surface area contributed by atoms with E-state index >= 15 is 0 Å². The van der Waals surface area contributed by atoms with Crippen molar-refractivity contribution in [1.82, 2.24) is 0 Å². The molecule has 3 aliphatic carbocycles. The summed E-state index contributed by atoms with van der Waals surface area (Å²) in [6.07, 6.45) is -20.5. The number of rotatable bonds is 6. The number of alkyl halides is 9. The van der Waals surface area contributed by atoms with E-state index in [2.05, 4.69) is 4.74 Å². The van der Waals surface area contributed by atoms with E-state index in [9.17, 15) is 39.5 Å². The Morgan fingerprint density at radius 3 is 1.81 bits per heavy atom. The van der Waals surface area contributed by atoms with Crippen molar-refractivity contribution >= 4 is 0 Å². The summed E-state index contributed by atoms with van der Waals surface area (Å²) in [7, 11) is 0. The maximum atomic E-state index is 14.1. The Hall–Kier alpha value is -0.710. The molecule has 0 aliphatic heterocycles. The molecular weight excluding hydrogens is 455 g/mol. The van der Waals surface area contributed by atoms with Crippen molar-refractivity contribution in [2.75, 3.05) is 0 Å². The average molecular weight is 484 g/mol. The molecule has 0 aromatic heterocycles. The lowest BCUT2D eigenvalue weighted by Crippen LogP contribution is -2.63. The lowest BCUT2D eigenvalue weighted by Gasteiger charge is -2.46. The molecule has 4 atom stereocenters. The molecule has 188 valence electrons. The van der Waals surface area contributed by atoms with Crippen molar-refractivity contribution < 1.29 is 49.0 Å². The van der Waals surface area contributed by atoms with Gasteiger partial charge in [-0.1, -0.05) is 33.1 Å². The van der Waals surface area contributed by atoms with E-state index in [0.717, 1.165) is 0 Å². The third-order valence-corrected chi connectivity index (χ3v) is 7.92. The van der Waals surface area contributed by atoms with Crippen LogP contribution in [0.4, 0.5) is 39.5 Å². The fourth-order valence-corrected chi connectivity index (χ4v) is 6.01. The van der Waals surface area contributed by atoms with Gasteiger partial charge in [0.2, 0.25) is 0 Å². The van der Waals surface area contributed by atoms with Crippen LogP contribution in [0.2, 0.25) is 0 Å². The summed E-state index contributed by atoms with van der Waals surface area (Å²) in [5, 5.41) is 0. The molecule has 0 saturated heterocycles. The van der Waals surface area contributed by atoms with Crippen molar-refractivity contribution in [3.8, 4) is 0 Å². The summed E-state index contributed by atoms with van der Waals surface area (Å²) in [5.41, 5.74) is -5.84. The summed E-state index contributed by atoms with van der Waals surface area (Å²) < 4.78 is 134. The highest BCUT2D eigenvalue weighted by atomic mass is 19.4. The van der Waals surface area contributed by atoms with Gasteiger partial charge in [0.25, 0.3) is 11.9 Å². The van der Waals surface area contributed by atoms with Gasteiger partial charge in [0.1, 0.15) is 0 Å². The van der Waals surface area contributed by atoms with Crippen LogP contribution in [0.15, 0.2) is 0 Å². The SMILES string of the molecule is CC1(C)C2CCC(C2)C1CC(OC(OC1CCCCC1)C(F)(F)F)(C(F)(F)F)C(F)(F)F. The highest BCUT2D eigenvalue weighted by molar-refractivity contribution is 5.08. The van der Waals surface area contributed by atoms with Gasteiger partial charge in [0.05, 0.1) is 6.10 Å². The number of hydrogen-bond acceptors (Lipinski definition) is 2. The van der Waals surface area contributed by atoms with Gasteiger partial charge < -0.3 is 9.47 Å². The van der Waals surface area contributed by atoms with Crippen LogP contribution in [0.1, 0.15) is 71.6 Å². The predicted octanol–water partition coefficient (Wildman–Crippen LogP) is 7.57. The zero-order valence-electron chi connectivity index (χ0n) is 18.0. The molecule has 3 aliphatic rings. The van der Waals surface area contributed by atoms with Crippen molar-refractivity contribution in [3.63, 3.8) is 0 Å². The second kappa shape index (κ2) is 8.50. The van der Waals surface area contributed by atoms with Crippen LogP contribution in [-0.4, -0.2) is 36.5 Å². The maximum absolute atomic E-state index is 14.1. The van der Waals surface area contributed by atoms with E-state index in [1.807, 2.05) is 0 Å². The summed E-state index contributed by atoms with van der Waals surface area (Å²) in [4.78, 5) is 0. The molecule has 2 bridgehead atoms. The van der Waals surface area contributed by atoms with Gasteiger partial charge in [-0.05, 0) is 61.7 Å². The molecule has 32 heavy (non-hydrogen) atoms. The fraction of sp³-hybridized carbons (Fsp3) is 1.00. The molecule has 0 heterocycles. The second-order valence-corrected chi connectivity index (χ2v) is 10.1. The minimum absolute atomic E-state index is 0.0615. The summed E-state index contributed by atoms with van der Waals surface area (Å²) >= 11 is 0. The summed E-state index contributed by atoms with van der Waals surface area (Å²) in [6.45, 7) is 3.19. The lowest BCUT2D eigenvalue weighted by atomic mass is 9.65. The van der Waals surface area contributed by atoms with Crippen molar-refractivity contribution in [2.45, 2.75) is 108 Å². The van der Waals surface area contributed by atoms with E-state index < -0.39 is 60.2 Å². The fourth-order valence-electron chi connectivity index (χ4n) is 6.01. The lowest BCUT2D eigenvalue weighted by molar-refractivity contribution is -0.446. The van der Waals surface area contributed by atoms with Gasteiger partial charge in [-0.3, -0.25) is 0 Å². The zero-order valence-corrected chi connectivity index (χ0v) is 18.0. The molecule has 0 aromatic carbocycles. The molecule has 3 rings (SSSR count). The van der Waals surface area contributed by atoms with Crippen LogP contribution in [0.3, 0.4) is 0 Å². The molecule has 0 N–H and O–H groups in total. The van der Waals surface area contributed by atoms with Crippen LogP contribution in [0.25, 0.3) is 0 Å². The Morgan fingerprint density at radius 2 is 1.38 bits per heavy atom. The maximum Gasteiger partial charge on any atom is 0.440 e. The van der Waals surface area contributed by atoms with Crippen LogP contribution in [0.5, 0.6) is 0 Å². The summed E-state index contributed by atoms with van der Waals surface area (Å²) in [5.74, 6) is -1.55. The Morgan fingerprint density at radius 1 is 0.812 bits per heavy atom. The van der Waals surface area contributed by atoms with Gasteiger partial charge in [-0.15, -0.1) is 0 Å². The molecule has 11 heteroatoms. The van der Waals surface area contributed by atoms with E-state index in [0.29, 0.717) is 38.5 Å². The molecule has 2 nitrogen and oxygen atoms in total. The Labute approximate surface area is 181 Å². The molecule has 0 radical (unpaired) electrons. The van der Waals surface area contributed by atoms with Gasteiger partial charge in [0, 0.05) is 0 Å². The number of fused-ring (bicyclic) bond motifs is 2. The molecule has 4 unspecified atom stereocenters. The van der Waals surface area contributed by atoms with Crippen molar-refractivity contribution in [3.05, 3.63) is 0 Å². The quantitative estimate of drug-likeness (QED) is 0.286. The molecule has 0 amide bonds. The Balaban J connectivity index is 1.97. The van der Waals surface area contributed by atoms with Crippen molar-refractivity contribution in [1.29, 1.82) is 0 Å². The summed E-state index contributed by atoms with van der Waals surface area (Å²) in [6, 6.07) is 0. The highest BCUT2D eigenvalue weighted by Crippen LogP contribution is 2.64. The first-order valence-electron chi connectivity index (χ1n) is 11.0. The van der Waals surface area contributed by atoms with E-state index in [-0.39, 0.29) is 18.8 Å². The normalized spacial score (nSPS) is 30.7. The average Bonchev–Trinajstić information content (AvgIpc) is 3.19. The second-order valence-electron chi connectivity index (χ2n) is 10.1. The number of hydrogen-bond donors (Lipinski definition) is 0. The van der Waals surface area contributed by atoms with E-state index in [1.54, 1.807) is 13.8 Å². The van der Waals surface area contributed by atoms with Crippen LogP contribution >= 0.6 is 0 Å². The topological polar surface area (TPSA) is 18.5 Å². The minimum Gasteiger partial charge on any atom is -0.342 e. The Bertz CT molecular complexity index is 633.